The monoisotopic (exact) mass is 339 g/mol. The molecule has 2 aliphatic rings. The van der Waals surface area contributed by atoms with Crippen molar-refractivity contribution in [3.05, 3.63) is 21.7 Å². The molecule has 1 fully saturated rings. The first-order chi connectivity index (χ1) is 9.59. The van der Waals surface area contributed by atoms with Crippen LogP contribution in [-0.4, -0.2) is 13.3 Å². The second-order valence-corrected chi connectivity index (χ2v) is 7.02. The average Bonchev–Trinajstić information content (AvgIpc) is 3.07. The van der Waals surface area contributed by atoms with Crippen molar-refractivity contribution in [3.8, 4) is 11.5 Å². The van der Waals surface area contributed by atoms with Gasteiger partial charge in [-0.15, -0.1) is 0 Å². The summed E-state index contributed by atoms with van der Waals surface area (Å²) in [6.45, 7) is 5.47. The lowest BCUT2D eigenvalue weighted by Crippen LogP contribution is -2.33. The molecule has 0 saturated heterocycles. The predicted octanol–water partition coefficient (Wildman–Crippen LogP) is 4.07. The molecular weight excluding hydrogens is 318 g/mol. The smallest absolute Gasteiger partial charge is 0.231 e. The predicted molar refractivity (Wildman–Crippen MR) is 83.6 cm³/mol. The molecular formula is C16H22BrNO2. The van der Waals surface area contributed by atoms with E-state index in [4.69, 9.17) is 15.2 Å². The fraction of sp³-hybridized carbons (Fsp3) is 0.625. The van der Waals surface area contributed by atoms with Gasteiger partial charge in [0.2, 0.25) is 6.79 Å². The van der Waals surface area contributed by atoms with Crippen LogP contribution in [0, 0.1) is 0 Å². The van der Waals surface area contributed by atoms with Crippen LogP contribution in [0.4, 0.5) is 0 Å². The quantitative estimate of drug-likeness (QED) is 0.902. The molecule has 0 amide bonds. The number of benzene rings is 1. The lowest BCUT2D eigenvalue weighted by Gasteiger charge is -2.32. The number of ether oxygens (including phenoxy) is 2. The van der Waals surface area contributed by atoms with Crippen molar-refractivity contribution in [2.75, 3.05) is 13.3 Å². The Hall–Kier alpha value is -0.740. The zero-order valence-electron chi connectivity index (χ0n) is 12.2. The SMILES string of the molecule is CC(C)c1c(C2(CN)CCCC2)cc2c(c1Br)OCO2. The van der Waals surface area contributed by atoms with Crippen molar-refractivity contribution in [2.45, 2.75) is 50.9 Å². The lowest BCUT2D eigenvalue weighted by molar-refractivity contribution is 0.173. The van der Waals surface area contributed by atoms with Gasteiger partial charge in [0.15, 0.2) is 11.5 Å². The van der Waals surface area contributed by atoms with Crippen LogP contribution in [-0.2, 0) is 5.41 Å². The molecule has 0 radical (unpaired) electrons. The third-order valence-corrected chi connectivity index (χ3v) is 5.53. The van der Waals surface area contributed by atoms with Crippen molar-refractivity contribution in [2.24, 2.45) is 5.73 Å². The van der Waals surface area contributed by atoms with E-state index >= 15 is 0 Å². The van der Waals surface area contributed by atoms with Gasteiger partial charge in [0, 0.05) is 12.0 Å². The Kier molecular flexibility index (Phi) is 3.71. The fourth-order valence-electron chi connectivity index (χ4n) is 3.66. The van der Waals surface area contributed by atoms with Crippen LogP contribution in [0.1, 0.15) is 56.6 Å². The molecule has 0 spiro atoms. The minimum absolute atomic E-state index is 0.114. The van der Waals surface area contributed by atoms with E-state index < -0.39 is 0 Å². The summed E-state index contributed by atoms with van der Waals surface area (Å²) in [6, 6.07) is 2.18. The molecule has 3 rings (SSSR count). The molecule has 4 heteroatoms. The van der Waals surface area contributed by atoms with E-state index in [1.807, 2.05) is 0 Å². The largest absolute Gasteiger partial charge is 0.454 e. The van der Waals surface area contributed by atoms with Crippen LogP contribution in [0.3, 0.4) is 0 Å². The number of hydrogen-bond acceptors (Lipinski definition) is 3. The van der Waals surface area contributed by atoms with E-state index in [1.165, 1.54) is 36.8 Å². The number of rotatable bonds is 3. The highest BCUT2D eigenvalue weighted by atomic mass is 79.9. The van der Waals surface area contributed by atoms with Crippen molar-refractivity contribution in [1.29, 1.82) is 0 Å². The lowest BCUT2D eigenvalue weighted by atomic mass is 9.74. The summed E-state index contributed by atoms with van der Waals surface area (Å²) in [5.74, 6) is 2.14. The van der Waals surface area contributed by atoms with E-state index in [0.717, 1.165) is 16.0 Å². The van der Waals surface area contributed by atoms with Crippen LogP contribution < -0.4 is 15.2 Å². The zero-order valence-corrected chi connectivity index (χ0v) is 13.8. The molecule has 0 bridgehead atoms. The summed E-state index contributed by atoms with van der Waals surface area (Å²) in [7, 11) is 0. The first-order valence-corrected chi connectivity index (χ1v) is 8.21. The van der Waals surface area contributed by atoms with Gasteiger partial charge in [-0.3, -0.25) is 0 Å². The highest BCUT2D eigenvalue weighted by Crippen LogP contribution is 2.51. The first kappa shape index (κ1) is 14.2. The van der Waals surface area contributed by atoms with Gasteiger partial charge in [-0.2, -0.15) is 0 Å². The summed E-state index contributed by atoms with van der Waals surface area (Å²) in [4.78, 5) is 0. The van der Waals surface area contributed by atoms with Crippen LogP contribution in [0.5, 0.6) is 11.5 Å². The summed E-state index contributed by atoms with van der Waals surface area (Å²) in [5.41, 5.74) is 8.99. The van der Waals surface area contributed by atoms with Crippen LogP contribution in [0.2, 0.25) is 0 Å². The molecule has 1 aromatic rings. The summed E-state index contributed by atoms with van der Waals surface area (Å²) < 4.78 is 12.3. The standard InChI is InChI=1S/C16H22BrNO2/c1-10(2)13-11(16(8-18)5-3-4-6-16)7-12-15(14(13)17)20-9-19-12/h7,10H,3-6,8-9,18H2,1-2H3. The first-order valence-electron chi connectivity index (χ1n) is 7.41. The number of hydrogen-bond donors (Lipinski definition) is 1. The maximum absolute atomic E-state index is 6.18. The molecule has 2 N–H and O–H groups in total. The minimum atomic E-state index is 0.114. The molecule has 20 heavy (non-hydrogen) atoms. The Balaban J connectivity index is 2.21. The van der Waals surface area contributed by atoms with E-state index in [-0.39, 0.29) is 5.41 Å². The van der Waals surface area contributed by atoms with Gasteiger partial charge in [0.25, 0.3) is 0 Å². The van der Waals surface area contributed by atoms with Gasteiger partial charge in [0.1, 0.15) is 0 Å². The van der Waals surface area contributed by atoms with Gasteiger partial charge < -0.3 is 15.2 Å². The molecule has 3 nitrogen and oxygen atoms in total. The Morgan fingerprint density at radius 3 is 2.60 bits per heavy atom. The van der Waals surface area contributed by atoms with Crippen LogP contribution in [0.25, 0.3) is 0 Å². The summed E-state index contributed by atoms with van der Waals surface area (Å²) in [6.07, 6.45) is 4.88. The molecule has 1 aliphatic heterocycles. The fourth-order valence-corrected chi connectivity index (χ4v) is 4.64. The molecule has 0 atom stereocenters. The molecule has 1 saturated carbocycles. The maximum atomic E-state index is 6.18. The van der Waals surface area contributed by atoms with Crippen molar-refractivity contribution in [1.82, 2.24) is 0 Å². The van der Waals surface area contributed by atoms with Gasteiger partial charge >= 0.3 is 0 Å². The highest BCUT2D eigenvalue weighted by molar-refractivity contribution is 9.10. The average molecular weight is 340 g/mol. The van der Waals surface area contributed by atoms with E-state index in [0.29, 0.717) is 19.3 Å². The molecule has 1 aliphatic carbocycles. The number of nitrogens with two attached hydrogens (primary N) is 1. The molecule has 1 aromatic carbocycles. The zero-order chi connectivity index (χ0) is 14.3. The topological polar surface area (TPSA) is 44.5 Å². The van der Waals surface area contributed by atoms with Crippen LogP contribution in [0.15, 0.2) is 10.5 Å². The number of halogens is 1. The second kappa shape index (κ2) is 5.23. The normalized spacial score (nSPS) is 19.9. The molecule has 0 aromatic heterocycles. The Morgan fingerprint density at radius 2 is 2.00 bits per heavy atom. The Morgan fingerprint density at radius 1 is 1.30 bits per heavy atom. The Bertz CT molecular complexity index is 522. The highest BCUT2D eigenvalue weighted by Gasteiger charge is 2.39. The molecule has 110 valence electrons. The van der Waals surface area contributed by atoms with Crippen molar-refractivity contribution >= 4 is 15.9 Å². The van der Waals surface area contributed by atoms with E-state index in [2.05, 4.69) is 35.8 Å². The number of fused-ring (bicyclic) bond motifs is 1. The summed E-state index contributed by atoms with van der Waals surface area (Å²) >= 11 is 3.74. The summed E-state index contributed by atoms with van der Waals surface area (Å²) in [5, 5.41) is 0. The van der Waals surface area contributed by atoms with Crippen LogP contribution >= 0.6 is 15.9 Å². The third kappa shape index (κ3) is 2.04. The minimum Gasteiger partial charge on any atom is -0.454 e. The second-order valence-electron chi connectivity index (χ2n) is 6.23. The van der Waals surface area contributed by atoms with E-state index in [9.17, 15) is 0 Å². The molecule has 0 unspecified atom stereocenters. The van der Waals surface area contributed by atoms with Crippen molar-refractivity contribution < 1.29 is 9.47 Å². The maximum Gasteiger partial charge on any atom is 0.231 e. The third-order valence-electron chi connectivity index (χ3n) is 4.74. The van der Waals surface area contributed by atoms with Gasteiger partial charge in [-0.1, -0.05) is 26.7 Å². The van der Waals surface area contributed by atoms with Gasteiger partial charge in [-0.25, -0.2) is 0 Å². The Labute approximate surface area is 129 Å². The van der Waals surface area contributed by atoms with Gasteiger partial charge in [-0.05, 0) is 51.9 Å². The van der Waals surface area contributed by atoms with E-state index in [1.54, 1.807) is 0 Å². The molecule has 1 heterocycles. The van der Waals surface area contributed by atoms with Crippen molar-refractivity contribution in [3.63, 3.8) is 0 Å². The van der Waals surface area contributed by atoms with Gasteiger partial charge in [0.05, 0.1) is 4.47 Å².